The van der Waals surface area contributed by atoms with Crippen molar-refractivity contribution in [1.82, 2.24) is 30.3 Å². The maximum atomic E-state index is 11.9. The lowest BCUT2D eigenvalue weighted by Crippen LogP contribution is -2.22. The highest BCUT2D eigenvalue weighted by Crippen LogP contribution is 2.02. The van der Waals surface area contributed by atoms with Gasteiger partial charge in [0.2, 0.25) is 5.91 Å². The van der Waals surface area contributed by atoms with E-state index >= 15 is 0 Å². The number of carbonyl (C=O) groups is 1. The van der Waals surface area contributed by atoms with Crippen molar-refractivity contribution in [3.8, 4) is 11.8 Å². The van der Waals surface area contributed by atoms with Crippen LogP contribution in [0.4, 0.5) is 0 Å². The molecular formula is C21H32N6OS. The van der Waals surface area contributed by atoms with E-state index in [-0.39, 0.29) is 5.91 Å². The number of aromatic amines is 1. The van der Waals surface area contributed by atoms with Crippen LogP contribution in [0, 0.1) is 22.5 Å². The molecule has 2 N–H and O–H groups in total. The van der Waals surface area contributed by atoms with Crippen molar-refractivity contribution in [2.75, 3.05) is 0 Å². The van der Waals surface area contributed by atoms with Crippen molar-refractivity contribution in [1.29, 1.82) is 0 Å². The molecule has 1 amide bonds. The Hall–Kier alpha value is -2.53. The number of rotatable bonds is 8. The molecule has 2 heterocycles. The molecule has 0 saturated carbocycles. The lowest BCUT2D eigenvalue weighted by Gasteiger charge is -2.03. The lowest BCUT2D eigenvalue weighted by atomic mass is 10.1. The lowest BCUT2D eigenvalue weighted by molar-refractivity contribution is -0.121. The van der Waals surface area contributed by atoms with E-state index in [1.54, 1.807) is 12.4 Å². The maximum Gasteiger partial charge on any atom is 0.220 e. The Morgan fingerprint density at radius 1 is 1.38 bits per heavy atom. The van der Waals surface area contributed by atoms with Gasteiger partial charge in [0, 0.05) is 31.8 Å². The van der Waals surface area contributed by atoms with Crippen LogP contribution in [-0.4, -0.2) is 30.9 Å². The molecule has 2 aromatic heterocycles. The summed E-state index contributed by atoms with van der Waals surface area (Å²) in [7, 11) is 0. The van der Waals surface area contributed by atoms with Crippen molar-refractivity contribution in [3.63, 3.8) is 0 Å². The largest absolute Gasteiger partial charge is 0.350 e. The van der Waals surface area contributed by atoms with Gasteiger partial charge in [-0.15, -0.1) is 5.10 Å². The van der Waals surface area contributed by atoms with Crippen LogP contribution in [0.1, 0.15) is 71.1 Å². The second-order valence-electron chi connectivity index (χ2n) is 7.10. The summed E-state index contributed by atoms with van der Waals surface area (Å²) in [5.74, 6) is 6.63. The first kappa shape index (κ1) is 24.5. The number of amides is 1. The summed E-state index contributed by atoms with van der Waals surface area (Å²) < 4.78 is 2.26. The molecule has 2 aromatic rings. The number of hydrogen-bond acceptors (Lipinski definition) is 5. The first-order valence-electron chi connectivity index (χ1n) is 10.1. The van der Waals surface area contributed by atoms with Crippen LogP contribution in [0.2, 0.25) is 0 Å². The minimum absolute atomic E-state index is 0.00556. The van der Waals surface area contributed by atoms with Gasteiger partial charge in [0.1, 0.15) is 5.69 Å². The second kappa shape index (κ2) is 14.5. The SMILES string of the molecule is CC(C)CCn1cc(CNC(=O)CCCC#Cc2cnc(=S)[nH]c2)nn1.CCC. The van der Waals surface area contributed by atoms with Crippen molar-refractivity contribution in [2.45, 2.75) is 72.9 Å². The van der Waals surface area contributed by atoms with Crippen LogP contribution in [0.5, 0.6) is 0 Å². The highest BCUT2D eigenvalue weighted by molar-refractivity contribution is 7.71. The number of H-pyrrole nitrogens is 1. The van der Waals surface area contributed by atoms with Gasteiger partial charge < -0.3 is 10.3 Å². The van der Waals surface area contributed by atoms with Gasteiger partial charge in [0.05, 0.1) is 18.3 Å². The molecule has 0 atom stereocenters. The molecule has 0 fully saturated rings. The van der Waals surface area contributed by atoms with Crippen LogP contribution >= 0.6 is 12.2 Å². The normalized spacial score (nSPS) is 9.97. The molecule has 0 aliphatic heterocycles. The summed E-state index contributed by atoms with van der Waals surface area (Å²) in [6.45, 7) is 9.85. The minimum atomic E-state index is -0.00556. The zero-order chi connectivity index (χ0) is 21.5. The molecule has 2 rings (SSSR count). The summed E-state index contributed by atoms with van der Waals surface area (Å²) >= 11 is 4.87. The van der Waals surface area contributed by atoms with E-state index in [0.717, 1.165) is 24.2 Å². The third-order valence-electron chi connectivity index (χ3n) is 3.60. The van der Waals surface area contributed by atoms with Gasteiger partial charge in [0.25, 0.3) is 0 Å². The Morgan fingerprint density at radius 2 is 2.14 bits per heavy atom. The maximum absolute atomic E-state index is 11.9. The standard InChI is InChI=1S/C18H24N6OS.C3H8/c1-14(2)8-9-24-13-16(22-23-24)12-19-17(25)7-5-3-4-6-15-10-20-18(26)21-11-15;1-3-2/h10-11,13-14H,3,5,7-9,12H2,1-2H3,(H,19,25)(H,20,21,26);3H2,1-2H3. The Kier molecular flexibility index (Phi) is 12.2. The van der Waals surface area contributed by atoms with Gasteiger partial charge in [-0.3, -0.25) is 9.48 Å². The fraction of sp³-hybridized carbons (Fsp3) is 0.571. The van der Waals surface area contributed by atoms with Crippen LogP contribution in [-0.2, 0) is 17.9 Å². The highest BCUT2D eigenvalue weighted by Gasteiger charge is 2.05. The van der Waals surface area contributed by atoms with Crippen LogP contribution in [0.3, 0.4) is 0 Å². The average Bonchev–Trinajstić information content (AvgIpc) is 3.14. The number of nitrogens with zero attached hydrogens (tertiary/aromatic N) is 4. The fourth-order valence-corrected chi connectivity index (χ4v) is 2.22. The molecule has 0 unspecified atom stereocenters. The van der Waals surface area contributed by atoms with Gasteiger partial charge >= 0.3 is 0 Å². The Bertz CT molecular complexity index is 826. The van der Waals surface area contributed by atoms with Gasteiger partial charge in [-0.2, -0.15) is 0 Å². The summed E-state index contributed by atoms with van der Waals surface area (Å²) in [6, 6.07) is 0. The number of hydrogen-bond donors (Lipinski definition) is 2. The average molecular weight is 417 g/mol. The molecule has 0 bridgehead atoms. The summed E-state index contributed by atoms with van der Waals surface area (Å²) in [5, 5.41) is 11.0. The zero-order valence-electron chi connectivity index (χ0n) is 17.9. The predicted octanol–water partition coefficient (Wildman–Crippen LogP) is 4.03. The van der Waals surface area contributed by atoms with E-state index in [9.17, 15) is 4.79 Å². The molecule has 8 heteroatoms. The molecule has 0 aliphatic rings. The summed E-state index contributed by atoms with van der Waals surface area (Å²) in [6.07, 6.45) is 9.33. The van der Waals surface area contributed by atoms with Crippen LogP contribution in [0.25, 0.3) is 0 Å². The first-order valence-corrected chi connectivity index (χ1v) is 10.5. The summed E-state index contributed by atoms with van der Waals surface area (Å²) in [5.41, 5.74) is 1.56. The fourth-order valence-electron chi connectivity index (χ4n) is 2.11. The highest BCUT2D eigenvalue weighted by atomic mass is 32.1. The molecular weight excluding hydrogens is 384 g/mol. The number of aryl methyl sites for hydroxylation is 1. The first-order chi connectivity index (χ1) is 13.9. The molecule has 0 aromatic carbocycles. The Labute approximate surface area is 178 Å². The van der Waals surface area contributed by atoms with E-state index in [4.69, 9.17) is 12.2 Å². The number of carbonyl (C=O) groups excluding carboxylic acids is 1. The smallest absolute Gasteiger partial charge is 0.220 e. The van der Waals surface area contributed by atoms with Crippen LogP contribution in [0.15, 0.2) is 18.6 Å². The van der Waals surface area contributed by atoms with Crippen molar-refractivity contribution >= 4 is 18.1 Å². The topological polar surface area (TPSA) is 88.5 Å². The third kappa shape index (κ3) is 11.8. The third-order valence-corrected chi connectivity index (χ3v) is 3.82. The quantitative estimate of drug-likeness (QED) is 0.385. The molecule has 7 nitrogen and oxygen atoms in total. The predicted molar refractivity (Wildman–Crippen MR) is 117 cm³/mol. The molecule has 0 saturated heterocycles. The Morgan fingerprint density at radius 3 is 2.79 bits per heavy atom. The number of aromatic nitrogens is 5. The zero-order valence-corrected chi connectivity index (χ0v) is 18.7. The van der Waals surface area contributed by atoms with Crippen LogP contribution < -0.4 is 5.32 Å². The molecule has 0 aliphatic carbocycles. The Balaban J connectivity index is 0.00000132. The van der Waals surface area contributed by atoms with Gasteiger partial charge in [-0.05, 0) is 31.0 Å². The van der Waals surface area contributed by atoms with E-state index in [0.29, 0.717) is 36.5 Å². The summed E-state index contributed by atoms with van der Waals surface area (Å²) in [4.78, 5) is 18.7. The molecule has 29 heavy (non-hydrogen) atoms. The number of unbranched alkanes of at least 4 members (excludes halogenated alkanes) is 1. The monoisotopic (exact) mass is 416 g/mol. The molecule has 0 radical (unpaired) electrons. The van der Waals surface area contributed by atoms with Gasteiger partial charge in [-0.25, -0.2) is 4.98 Å². The van der Waals surface area contributed by atoms with Gasteiger partial charge in [0.15, 0.2) is 4.77 Å². The van der Waals surface area contributed by atoms with E-state index < -0.39 is 0 Å². The van der Waals surface area contributed by atoms with E-state index in [1.165, 1.54) is 6.42 Å². The molecule has 0 spiro atoms. The van der Waals surface area contributed by atoms with E-state index in [2.05, 4.69) is 65.1 Å². The van der Waals surface area contributed by atoms with E-state index in [1.807, 2.05) is 10.9 Å². The van der Waals surface area contributed by atoms with Crippen molar-refractivity contribution < 1.29 is 4.79 Å². The number of nitrogens with one attached hydrogen (secondary N) is 2. The molecule has 158 valence electrons. The van der Waals surface area contributed by atoms with Crippen molar-refractivity contribution in [2.24, 2.45) is 5.92 Å². The van der Waals surface area contributed by atoms with Crippen molar-refractivity contribution in [3.05, 3.63) is 34.6 Å². The second-order valence-corrected chi connectivity index (χ2v) is 7.49. The minimum Gasteiger partial charge on any atom is -0.350 e. The van der Waals surface area contributed by atoms with Gasteiger partial charge in [-0.1, -0.05) is 51.2 Å².